The highest BCUT2D eigenvalue weighted by Gasteiger charge is 2.39. The molecule has 0 aromatic carbocycles. The van der Waals surface area contributed by atoms with Crippen molar-refractivity contribution in [1.29, 1.82) is 0 Å². The molecular weight excluding hydrogens is 194 g/mol. The van der Waals surface area contributed by atoms with Gasteiger partial charge in [0.05, 0.1) is 6.54 Å². The lowest BCUT2D eigenvalue weighted by Crippen LogP contribution is -2.56. The van der Waals surface area contributed by atoms with Crippen molar-refractivity contribution in [3.63, 3.8) is 0 Å². The first-order valence-corrected chi connectivity index (χ1v) is 4.91. The zero-order valence-corrected chi connectivity index (χ0v) is 9.11. The van der Waals surface area contributed by atoms with Crippen LogP contribution in [0.4, 0.5) is 0 Å². The first-order chi connectivity index (χ1) is 7.08. The molecule has 15 heavy (non-hydrogen) atoms. The summed E-state index contributed by atoms with van der Waals surface area (Å²) in [6.07, 6.45) is 3.65. The van der Waals surface area contributed by atoms with Gasteiger partial charge in [0.15, 0.2) is 6.73 Å². The fourth-order valence-electron chi connectivity index (χ4n) is 1.32. The van der Waals surface area contributed by atoms with Gasteiger partial charge in [-0.05, 0) is 6.42 Å². The van der Waals surface area contributed by atoms with Crippen LogP contribution in [-0.2, 0) is 9.59 Å². The molecule has 0 aromatic heterocycles. The quantitative estimate of drug-likeness (QED) is 0.405. The van der Waals surface area contributed by atoms with Crippen LogP contribution in [-0.4, -0.2) is 34.7 Å². The molecule has 0 heterocycles. The Labute approximate surface area is 90.1 Å². The van der Waals surface area contributed by atoms with E-state index in [2.05, 4.69) is 13.2 Å². The summed E-state index contributed by atoms with van der Waals surface area (Å²) in [6.45, 7) is 8.35. The molecule has 84 valence electrons. The van der Waals surface area contributed by atoms with Crippen molar-refractivity contribution in [2.24, 2.45) is 0 Å². The maximum atomic E-state index is 11.6. The van der Waals surface area contributed by atoms with E-state index in [0.717, 1.165) is 18.6 Å². The van der Waals surface area contributed by atoms with E-state index in [4.69, 9.17) is 0 Å². The Bertz CT molecular complexity index is 251. The molecule has 0 aliphatic carbocycles. The van der Waals surface area contributed by atoms with E-state index in [1.807, 2.05) is 6.92 Å². The van der Waals surface area contributed by atoms with E-state index in [0.29, 0.717) is 6.42 Å². The third kappa shape index (κ3) is 2.84. The van der Waals surface area contributed by atoms with Crippen molar-refractivity contribution in [3.8, 4) is 0 Å². The molecule has 4 nitrogen and oxygen atoms in total. The average molecular weight is 212 g/mol. The molecule has 0 aliphatic rings. The largest absolute Gasteiger partial charge is 0.347 e. The Morgan fingerprint density at radius 3 is 2.00 bits per heavy atom. The van der Waals surface area contributed by atoms with E-state index in [1.165, 1.54) is 0 Å². The van der Waals surface area contributed by atoms with Crippen LogP contribution in [0.5, 0.6) is 0 Å². The van der Waals surface area contributed by atoms with Crippen LogP contribution in [0.1, 0.15) is 19.8 Å². The van der Waals surface area contributed by atoms with Gasteiger partial charge in [0.25, 0.3) is 0 Å². The molecule has 0 aromatic rings. The first-order valence-electron chi connectivity index (χ1n) is 4.91. The van der Waals surface area contributed by atoms with Crippen LogP contribution < -0.4 is 0 Å². The van der Waals surface area contributed by atoms with Crippen molar-refractivity contribution in [2.75, 3.05) is 13.3 Å². The number of aliphatic hydroxyl groups excluding tert-OH is 1. The molecule has 0 radical (unpaired) electrons. The minimum absolute atomic E-state index is 0.280. The third-order valence-corrected chi connectivity index (χ3v) is 2.33. The Kier molecular flexibility index (Phi) is 5.74. The molecule has 4 heteroatoms. The predicted molar refractivity (Wildman–Crippen MR) is 57.5 cm³/mol. The van der Waals surface area contributed by atoms with E-state index in [9.17, 15) is 14.7 Å². The highest BCUT2D eigenvalue weighted by molar-refractivity contribution is 5.95. The number of hydrogen-bond acceptors (Lipinski definition) is 3. The van der Waals surface area contributed by atoms with Crippen LogP contribution >= 0.6 is 0 Å². The lowest BCUT2D eigenvalue weighted by atomic mass is 10.2. The average Bonchev–Trinajstić information content (AvgIpc) is 2.29. The lowest BCUT2D eigenvalue weighted by molar-refractivity contribution is -0.796. The lowest BCUT2D eigenvalue weighted by Gasteiger charge is -2.28. The van der Waals surface area contributed by atoms with Crippen molar-refractivity contribution >= 4 is 11.8 Å². The van der Waals surface area contributed by atoms with Gasteiger partial charge < -0.3 is 5.11 Å². The predicted octanol–water partition coefficient (Wildman–Crippen LogP) is 0.978. The van der Waals surface area contributed by atoms with Gasteiger partial charge in [-0.15, -0.1) is 0 Å². The second-order valence-electron chi connectivity index (χ2n) is 3.27. The monoisotopic (exact) mass is 212 g/mol. The zero-order valence-electron chi connectivity index (χ0n) is 9.11. The fourth-order valence-corrected chi connectivity index (χ4v) is 1.32. The van der Waals surface area contributed by atoms with Gasteiger partial charge >= 0.3 is 11.8 Å². The number of amides is 2. The topological polar surface area (TPSA) is 54.4 Å². The van der Waals surface area contributed by atoms with Crippen molar-refractivity contribution in [1.82, 2.24) is 0 Å². The molecule has 2 amide bonds. The van der Waals surface area contributed by atoms with Crippen molar-refractivity contribution < 1.29 is 19.2 Å². The molecule has 0 saturated carbocycles. The number of quaternary nitrogens is 1. The van der Waals surface area contributed by atoms with Crippen LogP contribution in [0.3, 0.4) is 0 Å². The third-order valence-electron chi connectivity index (χ3n) is 2.33. The summed E-state index contributed by atoms with van der Waals surface area (Å²) in [4.78, 5) is 23.2. The van der Waals surface area contributed by atoms with E-state index < -0.39 is 23.0 Å². The number of carbonyl (C=O) groups is 2. The maximum Gasteiger partial charge on any atom is 0.347 e. The minimum Gasteiger partial charge on any atom is -0.346 e. The number of hydrogen-bond donors (Lipinski definition) is 1. The van der Waals surface area contributed by atoms with Gasteiger partial charge in [-0.25, -0.2) is 9.59 Å². The normalized spacial score (nSPS) is 10.8. The van der Waals surface area contributed by atoms with Crippen LogP contribution in [0, 0.1) is 0 Å². The summed E-state index contributed by atoms with van der Waals surface area (Å²) in [5, 5.41) is 9.24. The second-order valence-corrected chi connectivity index (χ2v) is 3.27. The molecule has 0 spiro atoms. The second kappa shape index (κ2) is 6.27. The Morgan fingerprint density at radius 1 is 1.27 bits per heavy atom. The van der Waals surface area contributed by atoms with Crippen molar-refractivity contribution in [3.05, 3.63) is 25.3 Å². The van der Waals surface area contributed by atoms with Gasteiger partial charge in [-0.1, -0.05) is 26.5 Å². The number of nitrogens with zero attached hydrogens (tertiary/aromatic N) is 1. The summed E-state index contributed by atoms with van der Waals surface area (Å²) in [7, 11) is 0. The SMILES string of the molecule is C=CC(=O)[N+](CO)(CCCC)C(=O)C=C. The molecular formula is C11H18NO3+. The summed E-state index contributed by atoms with van der Waals surface area (Å²) in [6, 6.07) is 0. The molecule has 0 unspecified atom stereocenters. The summed E-state index contributed by atoms with van der Waals surface area (Å²) in [5.74, 6) is -0.980. The Balaban J connectivity index is 5.08. The van der Waals surface area contributed by atoms with Crippen LogP contribution in [0.2, 0.25) is 0 Å². The number of rotatable bonds is 6. The number of imide groups is 1. The molecule has 0 fully saturated rings. The smallest absolute Gasteiger partial charge is 0.346 e. The molecule has 1 N–H and O–H groups in total. The van der Waals surface area contributed by atoms with Crippen LogP contribution in [0.25, 0.3) is 0 Å². The number of carbonyl (C=O) groups excluding carboxylic acids is 2. The van der Waals surface area contributed by atoms with Gasteiger partial charge in [-0.2, -0.15) is 4.48 Å². The maximum absolute atomic E-state index is 11.6. The molecule has 0 bridgehead atoms. The highest BCUT2D eigenvalue weighted by atomic mass is 16.3. The standard InChI is InChI=1S/C11H18NO3/c1-4-7-8-12(9-13,10(14)5-2)11(15)6-3/h5-6,13H,2-4,7-9H2,1H3/q+1. The van der Waals surface area contributed by atoms with E-state index in [-0.39, 0.29) is 6.54 Å². The highest BCUT2D eigenvalue weighted by Crippen LogP contribution is 2.12. The summed E-state index contributed by atoms with van der Waals surface area (Å²) in [5.41, 5.74) is 0. The Hall–Kier alpha value is -1.26. The Morgan fingerprint density at radius 2 is 1.73 bits per heavy atom. The van der Waals surface area contributed by atoms with Gasteiger partial charge in [0.2, 0.25) is 0 Å². The van der Waals surface area contributed by atoms with Crippen LogP contribution in [0.15, 0.2) is 25.3 Å². The van der Waals surface area contributed by atoms with E-state index in [1.54, 1.807) is 0 Å². The zero-order chi connectivity index (χ0) is 11.9. The molecule has 0 saturated heterocycles. The van der Waals surface area contributed by atoms with Gasteiger partial charge in [0, 0.05) is 12.2 Å². The minimum atomic E-state index is -0.624. The molecule has 0 rings (SSSR count). The fraction of sp³-hybridized carbons (Fsp3) is 0.455. The first kappa shape index (κ1) is 13.7. The molecule has 0 aliphatic heterocycles. The van der Waals surface area contributed by atoms with Crippen molar-refractivity contribution in [2.45, 2.75) is 19.8 Å². The van der Waals surface area contributed by atoms with Gasteiger partial charge in [-0.3, -0.25) is 0 Å². The summed E-state index contributed by atoms with van der Waals surface area (Å²) >= 11 is 0. The number of aliphatic hydroxyl groups is 1. The van der Waals surface area contributed by atoms with Gasteiger partial charge in [0.1, 0.15) is 0 Å². The molecule has 0 atom stereocenters. The van der Waals surface area contributed by atoms with E-state index >= 15 is 0 Å². The number of unbranched alkanes of at least 4 members (excludes halogenated alkanes) is 1. The summed E-state index contributed by atoms with van der Waals surface area (Å²) < 4.78 is -0.624.